The summed E-state index contributed by atoms with van der Waals surface area (Å²) in [4.78, 5) is 4.75. The lowest BCUT2D eigenvalue weighted by atomic mass is 9.76. The Balaban J connectivity index is 2.79. The molecule has 0 aliphatic carbocycles. The van der Waals surface area contributed by atoms with Gasteiger partial charge in [-0.05, 0) is 55.5 Å². The second-order valence-corrected chi connectivity index (χ2v) is 5.74. The Labute approximate surface area is 109 Å². The average Bonchev–Trinajstić information content (AvgIpc) is 2.57. The number of fused-ring (bicyclic) bond motifs is 1. The molecule has 1 heterocycles. The zero-order valence-electron chi connectivity index (χ0n) is 12.1. The van der Waals surface area contributed by atoms with Gasteiger partial charge in [0.2, 0.25) is 0 Å². The normalized spacial score (nSPS) is 16.2. The van der Waals surface area contributed by atoms with Gasteiger partial charge in [-0.3, -0.25) is 4.99 Å². The third-order valence-electron chi connectivity index (χ3n) is 4.49. The molecule has 0 fully saturated rings. The van der Waals surface area contributed by atoms with E-state index >= 15 is 0 Å². The Morgan fingerprint density at radius 2 is 1.56 bits per heavy atom. The summed E-state index contributed by atoms with van der Waals surface area (Å²) in [5.41, 5.74) is 8.56. The van der Waals surface area contributed by atoms with Gasteiger partial charge in [0.05, 0.1) is 18.2 Å². The molecule has 0 saturated heterocycles. The number of rotatable bonds is 1. The zero-order valence-corrected chi connectivity index (χ0v) is 12.1. The first-order valence-corrected chi connectivity index (χ1v) is 6.38. The Kier molecular flexibility index (Phi) is 2.81. The fraction of sp³-hybridized carbons (Fsp3) is 0.500. The van der Waals surface area contributed by atoms with E-state index in [4.69, 9.17) is 10.3 Å². The van der Waals surface area contributed by atoms with Crippen LogP contribution < -0.4 is 0 Å². The topological polar surface area (TPSA) is 36.1 Å². The van der Waals surface area contributed by atoms with Crippen LogP contribution in [0, 0.1) is 39.0 Å². The molecule has 0 radical (unpaired) electrons. The smallest absolute Gasteiger partial charge is 0.0744 e. The predicted molar refractivity (Wildman–Crippen MR) is 75.7 cm³/mol. The lowest BCUT2D eigenvalue weighted by Gasteiger charge is -2.25. The molecule has 0 saturated carbocycles. The van der Waals surface area contributed by atoms with Crippen molar-refractivity contribution < 1.29 is 0 Å². The van der Waals surface area contributed by atoms with Gasteiger partial charge in [-0.25, -0.2) is 0 Å². The van der Waals surface area contributed by atoms with Crippen molar-refractivity contribution in [2.75, 3.05) is 0 Å². The van der Waals surface area contributed by atoms with E-state index in [2.05, 4.69) is 47.6 Å². The molecular weight excluding hydrogens is 220 g/mol. The van der Waals surface area contributed by atoms with Crippen LogP contribution >= 0.6 is 0 Å². The van der Waals surface area contributed by atoms with Crippen LogP contribution in [0.4, 0.5) is 5.69 Å². The summed E-state index contributed by atoms with van der Waals surface area (Å²) in [7, 11) is 0. The van der Waals surface area contributed by atoms with Crippen LogP contribution in [0.1, 0.15) is 48.1 Å². The maximum absolute atomic E-state index is 8.95. The monoisotopic (exact) mass is 240 g/mol. The molecule has 0 bridgehead atoms. The second kappa shape index (κ2) is 3.95. The lowest BCUT2D eigenvalue weighted by molar-refractivity contribution is 0.719. The van der Waals surface area contributed by atoms with Crippen LogP contribution in [-0.4, -0.2) is 5.71 Å². The van der Waals surface area contributed by atoms with Crippen LogP contribution in [0.25, 0.3) is 0 Å². The van der Waals surface area contributed by atoms with Crippen molar-refractivity contribution in [2.45, 2.75) is 53.4 Å². The van der Waals surface area contributed by atoms with Gasteiger partial charge in [0.15, 0.2) is 0 Å². The number of nitriles is 1. The summed E-state index contributed by atoms with van der Waals surface area (Å²) in [5, 5.41) is 8.95. The maximum Gasteiger partial charge on any atom is 0.0744 e. The molecule has 1 aliphatic heterocycles. The summed E-state index contributed by atoms with van der Waals surface area (Å²) in [6.07, 6.45) is 0.415. The number of aliphatic imine (C=N–C) groups is 1. The molecule has 0 unspecified atom stereocenters. The van der Waals surface area contributed by atoms with Crippen molar-refractivity contribution >= 4 is 11.4 Å². The molecule has 0 spiro atoms. The van der Waals surface area contributed by atoms with E-state index < -0.39 is 0 Å². The number of hydrogen-bond acceptors (Lipinski definition) is 2. The van der Waals surface area contributed by atoms with E-state index in [-0.39, 0.29) is 5.41 Å². The molecule has 2 heteroatoms. The second-order valence-electron chi connectivity index (χ2n) is 5.74. The molecule has 1 aromatic carbocycles. The summed E-state index contributed by atoms with van der Waals surface area (Å²) < 4.78 is 0. The van der Waals surface area contributed by atoms with Gasteiger partial charge in [-0.15, -0.1) is 0 Å². The quantitative estimate of drug-likeness (QED) is 0.724. The standard InChI is InChI=1S/C16H20N2/c1-9-10(2)12(4)15-14(11(9)3)16(5,6)13(18-15)7-8-17/h7H2,1-6H3. The summed E-state index contributed by atoms with van der Waals surface area (Å²) in [5.74, 6) is 0. The lowest BCUT2D eigenvalue weighted by Crippen LogP contribution is -2.26. The highest BCUT2D eigenvalue weighted by Gasteiger charge is 2.37. The third-order valence-corrected chi connectivity index (χ3v) is 4.49. The summed E-state index contributed by atoms with van der Waals surface area (Å²) >= 11 is 0. The Morgan fingerprint density at radius 3 is 2.11 bits per heavy atom. The van der Waals surface area contributed by atoms with E-state index in [1.807, 2.05) is 0 Å². The maximum atomic E-state index is 8.95. The zero-order chi connectivity index (χ0) is 13.7. The van der Waals surface area contributed by atoms with Crippen molar-refractivity contribution in [1.29, 1.82) is 5.26 Å². The first kappa shape index (κ1) is 12.8. The molecule has 1 aliphatic rings. The molecule has 18 heavy (non-hydrogen) atoms. The Bertz CT molecular complexity index is 599. The molecule has 2 nitrogen and oxygen atoms in total. The minimum Gasteiger partial charge on any atom is -0.255 e. The molecule has 1 aromatic rings. The van der Waals surface area contributed by atoms with E-state index in [1.165, 1.54) is 27.8 Å². The van der Waals surface area contributed by atoms with Crippen LogP contribution in [0.3, 0.4) is 0 Å². The van der Waals surface area contributed by atoms with Gasteiger partial charge in [-0.1, -0.05) is 13.8 Å². The molecule has 0 amide bonds. The first-order valence-electron chi connectivity index (χ1n) is 6.38. The largest absolute Gasteiger partial charge is 0.255 e. The highest BCUT2D eigenvalue weighted by Crippen LogP contribution is 2.46. The minimum atomic E-state index is -0.113. The van der Waals surface area contributed by atoms with E-state index in [0.717, 1.165) is 11.4 Å². The van der Waals surface area contributed by atoms with Crippen molar-refractivity contribution in [3.63, 3.8) is 0 Å². The van der Waals surface area contributed by atoms with Crippen LogP contribution in [0.15, 0.2) is 4.99 Å². The van der Waals surface area contributed by atoms with Crippen molar-refractivity contribution in [3.05, 3.63) is 27.8 Å². The summed E-state index contributed by atoms with van der Waals surface area (Å²) in [6.45, 7) is 13.0. The van der Waals surface area contributed by atoms with Crippen molar-refractivity contribution in [1.82, 2.24) is 0 Å². The SMILES string of the molecule is Cc1c(C)c(C)c2c(c1C)N=C(CC#N)C2(C)C. The van der Waals surface area contributed by atoms with Gasteiger partial charge in [0.1, 0.15) is 0 Å². The molecule has 0 N–H and O–H groups in total. The average molecular weight is 240 g/mol. The van der Waals surface area contributed by atoms with E-state index in [1.54, 1.807) is 0 Å². The molecular formula is C16H20N2. The fourth-order valence-corrected chi connectivity index (χ4v) is 2.95. The van der Waals surface area contributed by atoms with Gasteiger partial charge in [-0.2, -0.15) is 5.26 Å². The molecule has 0 aromatic heterocycles. The van der Waals surface area contributed by atoms with Crippen LogP contribution in [-0.2, 0) is 5.41 Å². The highest BCUT2D eigenvalue weighted by molar-refractivity contribution is 6.03. The summed E-state index contributed by atoms with van der Waals surface area (Å²) in [6, 6.07) is 2.24. The van der Waals surface area contributed by atoms with Gasteiger partial charge >= 0.3 is 0 Å². The van der Waals surface area contributed by atoms with Gasteiger partial charge < -0.3 is 0 Å². The molecule has 2 rings (SSSR count). The number of hydrogen-bond donors (Lipinski definition) is 0. The first-order chi connectivity index (χ1) is 8.32. The van der Waals surface area contributed by atoms with Crippen molar-refractivity contribution in [2.24, 2.45) is 4.99 Å². The molecule has 94 valence electrons. The van der Waals surface area contributed by atoms with E-state index in [0.29, 0.717) is 6.42 Å². The Hall–Kier alpha value is -1.62. The van der Waals surface area contributed by atoms with Crippen LogP contribution in [0.2, 0.25) is 0 Å². The van der Waals surface area contributed by atoms with Gasteiger partial charge in [0, 0.05) is 11.1 Å². The van der Waals surface area contributed by atoms with Crippen LogP contribution in [0.5, 0.6) is 0 Å². The fourth-order valence-electron chi connectivity index (χ4n) is 2.95. The number of benzene rings is 1. The highest BCUT2D eigenvalue weighted by atomic mass is 14.8. The predicted octanol–water partition coefficient (Wildman–Crippen LogP) is 4.20. The third kappa shape index (κ3) is 1.50. The Morgan fingerprint density at radius 1 is 1.00 bits per heavy atom. The van der Waals surface area contributed by atoms with Crippen molar-refractivity contribution in [3.8, 4) is 6.07 Å². The number of nitrogens with zero attached hydrogens (tertiary/aromatic N) is 2. The minimum absolute atomic E-state index is 0.113. The van der Waals surface area contributed by atoms with Gasteiger partial charge in [0.25, 0.3) is 0 Å². The molecule has 0 atom stereocenters. The van der Waals surface area contributed by atoms with E-state index in [9.17, 15) is 0 Å².